The summed E-state index contributed by atoms with van der Waals surface area (Å²) in [5.74, 6) is 0. The number of aromatic nitrogens is 1. The standard InChI is InChI=1S/C5H6N2S/c1-7(2)5-6-3-4-8-5/h1-2H3. The van der Waals surface area contributed by atoms with Crippen molar-refractivity contribution in [3.63, 3.8) is 0 Å². The molecule has 1 aromatic rings. The molecule has 0 saturated carbocycles. The molecule has 3 heteroatoms. The fourth-order valence-corrected chi connectivity index (χ4v) is 0.810. The van der Waals surface area contributed by atoms with Crippen LogP contribution in [0.4, 0.5) is 5.13 Å². The molecule has 0 N–H and O–H groups in total. The lowest BCUT2D eigenvalue weighted by molar-refractivity contribution is 1.10. The minimum absolute atomic E-state index is 0.949. The number of thiazole rings is 1. The van der Waals surface area contributed by atoms with Crippen LogP contribution in [0.15, 0.2) is 0 Å². The van der Waals surface area contributed by atoms with Gasteiger partial charge in [0.25, 0.3) is 0 Å². The van der Waals surface area contributed by atoms with Gasteiger partial charge in [0.1, 0.15) is 6.20 Å². The molecule has 1 rings (SSSR count). The van der Waals surface area contributed by atoms with E-state index in [1.807, 2.05) is 19.0 Å². The van der Waals surface area contributed by atoms with Crippen molar-refractivity contribution >= 4 is 16.5 Å². The fraction of sp³-hybridized carbons (Fsp3) is 0.400. The zero-order valence-corrected chi connectivity index (χ0v) is 5.62. The average molecular weight is 126 g/mol. The summed E-state index contributed by atoms with van der Waals surface area (Å²) >= 11 is 1.47. The lowest BCUT2D eigenvalue weighted by Gasteiger charge is -2.04. The number of nitrogens with zero attached hydrogens (tertiary/aromatic N) is 2. The van der Waals surface area contributed by atoms with Crippen LogP contribution >= 0.6 is 11.3 Å². The van der Waals surface area contributed by atoms with Gasteiger partial charge in [-0.05, 0) is 0 Å². The predicted octanol–water partition coefficient (Wildman–Crippen LogP) is 0.809. The Hall–Kier alpha value is -0.570. The highest BCUT2D eigenvalue weighted by molar-refractivity contribution is 7.13. The number of hydrogen-bond donors (Lipinski definition) is 0. The second kappa shape index (κ2) is 2.13. The van der Waals surface area contributed by atoms with Gasteiger partial charge in [-0.2, -0.15) is 0 Å². The molecule has 0 spiro atoms. The van der Waals surface area contributed by atoms with E-state index in [9.17, 15) is 0 Å². The van der Waals surface area contributed by atoms with E-state index in [0.717, 1.165) is 5.13 Å². The van der Waals surface area contributed by atoms with Crippen molar-refractivity contribution in [3.05, 3.63) is 11.6 Å². The van der Waals surface area contributed by atoms with E-state index < -0.39 is 0 Å². The molecule has 2 nitrogen and oxygen atoms in total. The van der Waals surface area contributed by atoms with E-state index in [1.165, 1.54) is 11.3 Å². The largest absolute Gasteiger partial charge is 0.354 e. The molecule has 42 valence electrons. The topological polar surface area (TPSA) is 16.1 Å². The van der Waals surface area contributed by atoms with Gasteiger partial charge in [0.2, 0.25) is 0 Å². The lowest BCUT2D eigenvalue weighted by Crippen LogP contribution is -2.07. The van der Waals surface area contributed by atoms with Gasteiger partial charge in [0, 0.05) is 14.1 Å². The normalized spacial score (nSPS) is 9.25. The van der Waals surface area contributed by atoms with Crippen molar-refractivity contribution in [2.24, 2.45) is 0 Å². The van der Waals surface area contributed by atoms with Crippen LogP contribution in [0.25, 0.3) is 0 Å². The van der Waals surface area contributed by atoms with E-state index in [1.54, 1.807) is 0 Å². The molecule has 0 aliphatic heterocycles. The number of hydrogen-bond acceptors (Lipinski definition) is 3. The van der Waals surface area contributed by atoms with E-state index in [4.69, 9.17) is 0 Å². The Kier molecular flexibility index (Phi) is 1.48. The third-order valence-electron chi connectivity index (χ3n) is 0.722. The van der Waals surface area contributed by atoms with E-state index in [2.05, 4.69) is 16.6 Å². The Labute approximate surface area is 52.8 Å². The molecule has 0 unspecified atom stereocenters. The summed E-state index contributed by atoms with van der Waals surface area (Å²) in [6.45, 7) is 0. The van der Waals surface area contributed by atoms with Crippen molar-refractivity contribution in [3.8, 4) is 0 Å². The second-order valence-corrected chi connectivity index (χ2v) is 2.38. The van der Waals surface area contributed by atoms with Gasteiger partial charge in [-0.15, -0.1) is 0 Å². The summed E-state index contributed by atoms with van der Waals surface area (Å²) in [5.41, 5.74) is 0. The maximum absolute atomic E-state index is 3.88. The van der Waals surface area contributed by atoms with Gasteiger partial charge in [-0.25, -0.2) is 4.98 Å². The minimum atomic E-state index is 0.949. The van der Waals surface area contributed by atoms with Crippen LogP contribution in [0.5, 0.6) is 0 Å². The molecular weight excluding hydrogens is 120 g/mol. The highest BCUT2D eigenvalue weighted by Gasteiger charge is 1.93. The Morgan fingerprint density at radius 3 is 2.62 bits per heavy atom. The molecule has 0 aromatic carbocycles. The Morgan fingerprint density at radius 2 is 2.38 bits per heavy atom. The van der Waals surface area contributed by atoms with Crippen molar-refractivity contribution in [2.45, 2.75) is 0 Å². The molecule has 8 heavy (non-hydrogen) atoms. The molecule has 0 aliphatic carbocycles. The summed E-state index contributed by atoms with van der Waals surface area (Å²) in [7, 11) is 3.89. The van der Waals surface area contributed by atoms with Gasteiger partial charge < -0.3 is 4.90 Å². The zero-order valence-electron chi connectivity index (χ0n) is 4.80. The highest BCUT2D eigenvalue weighted by atomic mass is 32.1. The maximum Gasteiger partial charge on any atom is 0.186 e. The monoisotopic (exact) mass is 126 g/mol. The summed E-state index contributed by atoms with van der Waals surface area (Å²) in [6, 6.07) is 0. The first kappa shape index (κ1) is 5.56. The van der Waals surface area contributed by atoms with Crippen LogP contribution in [0, 0.1) is 11.6 Å². The van der Waals surface area contributed by atoms with Crippen molar-refractivity contribution in [1.29, 1.82) is 0 Å². The van der Waals surface area contributed by atoms with Gasteiger partial charge in [0.05, 0.1) is 5.38 Å². The van der Waals surface area contributed by atoms with Gasteiger partial charge in [0.15, 0.2) is 5.13 Å². The van der Waals surface area contributed by atoms with E-state index in [-0.39, 0.29) is 0 Å². The van der Waals surface area contributed by atoms with Crippen molar-refractivity contribution in [2.75, 3.05) is 19.0 Å². The average Bonchev–Trinajstić information content (AvgIpc) is 2.12. The van der Waals surface area contributed by atoms with Crippen LogP contribution in [0.2, 0.25) is 0 Å². The first-order valence-electron chi connectivity index (χ1n) is 2.22. The number of rotatable bonds is 1. The quantitative estimate of drug-likeness (QED) is 0.553. The zero-order chi connectivity index (χ0) is 5.98. The Morgan fingerprint density at radius 1 is 1.62 bits per heavy atom. The van der Waals surface area contributed by atoms with Crippen LogP contribution < -0.4 is 4.90 Å². The second-order valence-electron chi connectivity index (χ2n) is 1.60. The maximum atomic E-state index is 3.88. The molecule has 0 amide bonds. The van der Waals surface area contributed by atoms with Crippen LogP contribution in [0.1, 0.15) is 0 Å². The molecule has 1 heterocycles. The summed E-state index contributed by atoms with van der Waals surface area (Å²) in [4.78, 5) is 5.81. The summed E-state index contributed by atoms with van der Waals surface area (Å²) < 4.78 is 0. The van der Waals surface area contributed by atoms with E-state index in [0.29, 0.717) is 0 Å². The summed E-state index contributed by atoms with van der Waals surface area (Å²) in [6.07, 6.45) is 2.61. The third kappa shape index (κ3) is 0.980. The highest BCUT2D eigenvalue weighted by Crippen LogP contribution is 2.11. The first-order chi connectivity index (χ1) is 3.80. The van der Waals surface area contributed by atoms with E-state index >= 15 is 0 Å². The van der Waals surface area contributed by atoms with Crippen LogP contribution in [0.3, 0.4) is 0 Å². The fourth-order valence-electron chi connectivity index (χ4n) is 0.353. The minimum Gasteiger partial charge on any atom is -0.354 e. The van der Waals surface area contributed by atoms with Gasteiger partial charge in [-0.3, -0.25) is 0 Å². The SMILES string of the molecule is CN(C)c1n[c][c]s1. The lowest BCUT2D eigenvalue weighted by atomic mass is 10.9. The third-order valence-corrected chi connectivity index (χ3v) is 1.55. The molecule has 1 aromatic heterocycles. The molecule has 0 fully saturated rings. The first-order valence-corrected chi connectivity index (χ1v) is 3.04. The molecular formula is C5H6N2S. The van der Waals surface area contributed by atoms with Crippen molar-refractivity contribution < 1.29 is 0 Å². The van der Waals surface area contributed by atoms with Crippen LogP contribution in [-0.4, -0.2) is 19.1 Å². The van der Waals surface area contributed by atoms with Crippen molar-refractivity contribution in [1.82, 2.24) is 4.98 Å². The van der Waals surface area contributed by atoms with Gasteiger partial charge in [-0.1, -0.05) is 11.3 Å². The van der Waals surface area contributed by atoms with Gasteiger partial charge >= 0.3 is 0 Å². The molecule has 0 atom stereocenters. The Bertz CT molecular complexity index is 145. The Balaban J connectivity index is 2.77. The summed E-state index contributed by atoms with van der Waals surface area (Å²) in [5, 5.41) is 3.72. The molecule has 0 aliphatic rings. The predicted molar refractivity (Wildman–Crippen MR) is 34.1 cm³/mol. The molecule has 0 bridgehead atoms. The smallest absolute Gasteiger partial charge is 0.186 e. The molecule has 0 saturated heterocycles. The number of anilines is 1. The van der Waals surface area contributed by atoms with Crippen LogP contribution in [-0.2, 0) is 0 Å². The molecule has 2 radical (unpaired) electrons.